The van der Waals surface area contributed by atoms with Crippen LogP contribution < -0.4 is 5.32 Å². The molecule has 0 aliphatic carbocycles. The lowest BCUT2D eigenvalue weighted by Crippen LogP contribution is -2.29. The van der Waals surface area contributed by atoms with Gasteiger partial charge in [-0.15, -0.1) is 11.3 Å². The summed E-state index contributed by atoms with van der Waals surface area (Å²) in [5, 5.41) is 5.05. The van der Waals surface area contributed by atoms with Gasteiger partial charge in [0.1, 0.15) is 0 Å². The molecule has 1 fully saturated rings. The van der Waals surface area contributed by atoms with Crippen LogP contribution in [0, 0.1) is 5.92 Å². The molecule has 19 heavy (non-hydrogen) atoms. The van der Waals surface area contributed by atoms with Gasteiger partial charge in [-0.3, -0.25) is 0 Å². The van der Waals surface area contributed by atoms with Gasteiger partial charge in [-0.25, -0.2) is 0 Å². The van der Waals surface area contributed by atoms with E-state index in [4.69, 9.17) is 4.74 Å². The molecule has 1 unspecified atom stereocenters. The highest BCUT2D eigenvalue weighted by atomic mass is 32.1. The summed E-state index contributed by atoms with van der Waals surface area (Å²) in [4.78, 5) is 1.44. The molecular formula is C16H21NOS. The lowest BCUT2D eigenvalue weighted by Gasteiger charge is -2.24. The second-order valence-corrected chi connectivity index (χ2v) is 6.49. The number of ether oxygens (including phenoxy) is 1. The van der Waals surface area contributed by atoms with E-state index in [9.17, 15) is 0 Å². The summed E-state index contributed by atoms with van der Waals surface area (Å²) in [5.74, 6) is 0.783. The Kier molecular flexibility index (Phi) is 4.16. The highest BCUT2D eigenvalue weighted by molar-refractivity contribution is 7.19. The highest BCUT2D eigenvalue weighted by Crippen LogP contribution is 2.29. The van der Waals surface area contributed by atoms with Crippen molar-refractivity contribution in [2.24, 2.45) is 5.92 Å². The maximum absolute atomic E-state index is 5.41. The van der Waals surface area contributed by atoms with Crippen LogP contribution in [0.3, 0.4) is 0 Å². The van der Waals surface area contributed by atoms with Crippen LogP contribution in [-0.4, -0.2) is 19.8 Å². The smallest absolute Gasteiger partial charge is 0.0469 e. The molecule has 1 aliphatic heterocycles. The van der Waals surface area contributed by atoms with Crippen molar-refractivity contribution in [2.45, 2.75) is 25.8 Å². The first-order valence-corrected chi connectivity index (χ1v) is 7.94. The van der Waals surface area contributed by atoms with Crippen LogP contribution in [0.1, 0.15) is 30.7 Å². The van der Waals surface area contributed by atoms with Gasteiger partial charge in [0.15, 0.2) is 0 Å². The SMILES string of the molecule is CC(NCC1CCOCC1)c1cc2ccccc2s1. The third-order valence-electron chi connectivity index (χ3n) is 3.92. The normalized spacial score (nSPS) is 18.8. The molecule has 102 valence electrons. The number of hydrogen-bond acceptors (Lipinski definition) is 3. The van der Waals surface area contributed by atoms with E-state index in [1.807, 2.05) is 11.3 Å². The maximum atomic E-state index is 5.41. The van der Waals surface area contributed by atoms with Gasteiger partial charge in [0, 0.05) is 28.8 Å². The Morgan fingerprint density at radius 1 is 1.32 bits per heavy atom. The summed E-state index contributed by atoms with van der Waals surface area (Å²) >= 11 is 1.90. The van der Waals surface area contributed by atoms with Crippen molar-refractivity contribution in [3.63, 3.8) is 0 Å². The monoisotopic (exact) mass is 275 g/mol. The van der Waals surface area contributed by atoms with Gasteiger partial charge < -0.3 is 10.1 Å². The van der Waals surface area contributed by atoms with E-state index in [1.165, 1.54) is 27.8 Å². The lowest BCUT2D eigenvalue weighted by molar-refractivity contribution is 0.0656. The fourth-order valence-corrected chi connectivity index (χ4v) is 3.70. The summed E-state index contributed by atoms with van der Waals surface area (Å²) in [7, 11) is 0. The second kappa shape index (κ2) is 6.04. The molecule has 1 saturated heterocycles. The quantitative estimate of drug-likeness (QED) is 0.911. The first kappa shape index (κ1) is 13.1. The third-order valence-corrected chi connectivity index (χ3v) is 5.22. The molecule has 1 N–H and O–H groups in total. The number of nitrogens with one attached hydrogen (secondary N) is 1. The molecule has 1 aliphatic rings. The zero-order valence-electron chi connectivity index (χ0n) is 11.4. The average molecular weight is 275 g/mol. The zero-order valence-corrected chi connectivity index (χ0v) is 12.2. The van der Waals surface area contributed by atoms with Crippen LogP contribution in [0.2, 0.25) is 0 Å². The standard InChI is InChI=1S/C16H21NOS/c1-12(17-11-13-6-8-18-9-7-13)16-10-14-4-2-3-5-15(14)19-16/h2-5,10,12-13,17H,6-9,11H2,1H3. The molecule has 0 bridgehead atoms. The molecule has 1 aromatic carbocycles. The zero-order chi connectivity index (χ0) is 13.1. The van der Waals surface area contributed by atoms with Gasteiger partial charge >= 0.3 is 0 Å². The average Bonchev–Trinajstić information content (AvgIpc) is 2.90. The molecule has 0 spiro atoms. The van der Waals surface area contributed by atoms with Crippen LogP contribution in [0.4, 0.5) is 0 Å². The van der Waals surface area contributed by atoms with Crippen molar-refractivity contribution in [2.75, 3.05) is 19.8 Å². The minimum atomic E-state index is 0.445. The van der Waals surface area contributed by atoms with E-state index < -0.39 is 0 Å². The summed E-state index contributed by atoms with van der Waals surface area (Å²) in [6, 6.07) is 11.4. The van der Waals surface area contributed by atoms with Gasteiger partial charge in [-0.2, -0.15) is 0 Å². The Bertz CT molecular complexity index is 497. The van der Waals surface area contributed by atoms with Crippen molar-refractivity contribution in [1.82, 2.24) is 5.32 Å². The van der Waals surface area contributed by atoms with Crippen molar-refractivity contribution in [1.29, 1.82) is 0 Å². The second-order valence-electron chi connectivity index (χ2n) is 5.37. The lowest BCUT2D eigenvalue weighted by atomic mass is 10.00. The van der Waals surface area contributed by atoms with E-state index in [0.29, 0.717) is 6.04 Å². The van der Waals surface area contributed by atoms with Crippen LogP contribution in [0.15, 0.2) is 30.3 Å². The molecule has 1 atom stereocenters. The summed E-state index contributed by atoms with van der Waals surface area (Å²) < 4.78 is 6.79. The fraction of sp³-hybridized carbons (Fsp3) is 0.500. The van der Waals surface area contributed by atoms with Crippen LogP contribution >= 0.6 is 11.3 Å². The summed E-state index contributed by atoms with van der Waals surface area (Å²) in [5.41, 5.74) is 0. The Balaban J connectivity index is 1.61. The predicted molar refractivity (Wildman–Crippen MR) is 81.8 cm³/mol. The van der Waals surface area contributed by atoms with E-state index in [0.717, 1.165) is 25.7 Å². The van der Waals surface area contributed by atoms with Gasteiger partial charge in [-0.1, -0.05) is 18.2 Å². The molecule has 0 radical (unpaired) electrons. The van der Waals surface area contributed by atoms with E-state index in [-0.39, 0.29) is 0 Å². The van der Waals surface area contributed by atoms with Gasteiger partial charge in [0.2, 0.25) is 0 Å². The number of thiophene rings is 1. The minimum absolute atomic E-state index is 0.445. The number of benzene rings is 1. The van der Waals surface area contributed by atoms with E-state index >= 15 is 0 Å². The Morgan fingerprint density at radius 3 is 2.89 bits per heavy atom. The van der Waals surface area contributed by atoms with Gasteiger partial charge in [0.25, 0.3) is 0 Å². The number of fused-ring (bicyclic) bond motifs is 1. The predicted octanol–water partition coefficient (Wildman–Crippen LogP) is 3.98. The van der Waals surface area contributed by atoms with Gasteiger partial charge in [0.05, 0.1) is 0 Å². The topological polar surface area (TPSA) is 21.3 Å². The fourth-order valence-electron chi connectivity index (χ4n) is 2.61. The molecule has 0 amide bonds. The Hall–Kier alpha value is -0.900. The molecule has 2 heterocycles. The van der Waals surface area contributed by atoms with Crippen LogP contribution in [0.5, 0.6) is 0 Å². The first-order chi connectivity index (χ1) is 9.33. The molecule has 1 aromatic heterocycles. The van der Waals surface area contributed by atoms with E-state index in [1.54, 1.807) is 0 Å². The first-order valence-electron chi connectivity index (χ1n) is 7.12. The molecule has 2 nitrogen and oxygen atoms in total. The molecule has 3 rings (SSSR count). The van der Waals surface area contributed by atoms with Crippen molar-refractivity contribution in [3.8, 4) is 0 Å². The van der Waals surface area contributed by atoms with Crippen LogP contribution in [-0.2, 0) is 4.74 Å². The Labute approximate surface area is 118 Å². The van der Waals surface area contributed by atoms with Crippen LogP contribution in [0.25, 0.3) is 10.1 Å². The Morgan fingerprint density at radius 2 is 2.11 bits per heavy atom. The molecule has 0 saturated carbocycles. The number of hydrogen-bond donors (Lipinski definition) is 1. The maximum Gasteiger partial charge on any atom is 0.0469 e. The number of rotatable bonds is 4. The largest absolute Gasteiger partial charge is 0.381 e. The molecule has 3 heteroatoms. The van der Waals surface area contributed by atoms with Crippen molar-refractivity contribution < 1.29 is 4.74 Å². The molecule has 2 aromatic rings. The van der Waals surface area contributed by atoms with Gasteiger partial charge in [-0.05, 0) is 49.7 Å². The van der Waals surface area contributed by atoms with Crippen molar-refractivity contribution in [3.05, 3.63) is 35.2 Å². The summed E-state index contributed by atoms with van der Waals surface area (Å²) in [6.07, 6.45) is 2.40. The molecular weight excluding hydrogens is 254 g/mol. The minimum Gasteiger partial charge on any atom is -0.381 e. The third kappa shape index (κ3) is 3.16. The summed E-state index contributed by atoms with van der Waals surface area (Å²) in [6.45, 7) is 5.25. The van der Waals surface area contributed by atoms with Crippen molar-refractivity contribution >= 4 is 21.4 Å². The van der Waals surface area contributed by atoms with E-state index in [2.05, 4.69) is 42.6 Å². The highest BCUT2D eigenvalue weighted by Gasteiger charge is 2.15.